The zero-order valence-corrected chi connectivity index (χ0v) is 15.4. The summed E-state index contributed by atoms with van der Waals surface area (Å²) < 4.78 is 13.8. The molecule has 140 valence electrons. The van der Waals surface area contributed by atoms with Crippen molar-refractivity contribution in [3.8, 4) is 0 Å². The Hall–Kier alpha value is -2.50. The molecular formula is C21H23FN4O. The van der Waals surface area contributed by atoms with Crippen molar-refractivity contribution < 1.29 is 9.18 Å². The molecule has 5 rings (SSSR count). The van der Waals surface area contributed by atoms with Gasteiger partial charge in [0.05, 0.1) is 6.04 Å². The molecule has 1 aliphatic carbocycles. The first kappa shape index (κ1) is 16.7. The van der Waals surface area contributed by atoms with Crippen LogP contribution in [0.3, 0.4) is 0 Å². The highest BCUT2D eigenvalue weighted by Gasteiger charge is 2.48. The molecule has 0 bridgehead atoms. The average Bonchev–Trinajstić information content (AvgIpc) is 3.32. The standard InChI is InChI=1S/C21H23FN4O/c1-13(27)26-10-16-9-25(20-8-19(14-5-6-14)23-12-24-20)11-18(16)21(26)15-3-2-4-17(22)7-15/h2-4,7-8,12,14,16,18,21H,5-6,9-11H2,1H3/t16-,18-,21+/m1/s1. The number of carbonyl (C=O) groups excluding carboxylic acids is 1. The van der Waals surface area contributed by atoms with Gasteiger partial charge in [-0.25, -0.2) is 14.4 Å². The Kier molecular flexibility index (Phi) is 3.88. The summed E-state index contributed by atoms with van der Waals surface area (Å²) in [5.41, 5.74) is 2.03. The van der Waals surface area contributed by atoms with Crippen LogP contribution in [0, 0.1) is 17.7 Å². The number of nitrogens with zero attached hydrogens (tertiary/aromatic N) is 4. The number of amides is 1. The van der Waals surface area contributed by atoms with Gasteiger partial charge in [0.1, 0.15) is 18.0 Å². The summed E-state index contributed by atoms with van der Waals surface area (Å²) >= 11 is 0. The number of aromatic nitrogens is 2. The molecule has 6 heteroatoms. The largest absolute Gasteiger partial charge is 0.356 e. The third-order valence-electron chi connectivity index (χ3n) is 6.25. The van der Waals surface area contributed by atoms with E-state index in [-0.39, 0.29) is 23.7 Å². The molecule has 5 nitrogen and oxygen atoms in total. The number of rotatable bonds is 3. The van der Waals surface area contributed by atoms with Gasteiger partial charge in [-0.15, -0.1) is 0 Å². The summed E-state index contributed by atoms with van der Waals surface area (Å²) in [4.78, 5) is 25.4. The van der Waals surface area contributed by atoms with E-state index in [0.29, 0.717) is 11.8 Å². The van der Waals surface area contributed by atoms with E-state index in [1.165, 1.54) is 18.9 Å². The maximum Gasteiger partial charge on any atom is 0.219 e. The maximum atomic E-state index is 13.8. The first-order chi connectivity index (χ1) is 13.1. The predicted molar refractivity (Wildman–Crippen MR) is 99.7 cm³/mol. The van der Waals surface area contributed by atoms with Crippen molar-refractivity contribution in [3.63, 3.8) is 0 Å². The second-order valence-electron chi connectivity index (χ2n) is 8.08. The van der Waals surface area contributed by atoms with Crippen LogP contribution >= 0.6 is 0 Å². The molecule has 3 atom stereocenters. The highest BCUT2D eigenvalue weighted by atomic mass is 19.1. The first-order valence-electron chi connectivity index (χ1n) is 9.69. The molecule has 3 fully saturated rings. The fourth-order valence-corrected chi connectivity index (χ4v) is 4.81. The van der Waals surface area contributed by atoms with Gasteiger partial charge in [-0.3, -0.25) is 4.79 Å². The van der Waals surface area contributed by atoms with Gasteiger partial charge >= 0.3 is 0 Å². The van der Waals surface area contributed by atoms with Crippen molar-refractivity contribution in [1.29, 1.82) is 0 Å². The molecule has 1 aromatic carbocycles. The summed E-state index contributed by atoms with van der Waals surface area (Å²) in [7, 11) is 0. The first-order valence-corrected chi connectivity index (χ1v) is 9.69. The van der Waals surface area contributed by atoms with Gasteiger partial charge in [-0.1, -0.05) is 12.1 Å². The van der Waals surface area contributed by atoms with E-state index < -0.39 is 0 Å². The zero-order chi connectivity index (χ0) is 18.5. The van der Waals surface area contributed by atoms with Crippen LogP contribution in [0.1, 0.15) is 43.0 Å². The topological polar surface area (TPSA) is 49.3 Å². The lowest BCUT2D eigenvalue weighted by atomic mass is 9.89. The van der Waals surface area contributed by atoms with Gasteiger partial charge in [0.15, 0.2) is 0 Å². The van der Waals surface area contributed by atoms with Crippen molar-refractivity contribution >= 4 is 11.7 Å². The lowest BCUT2D eigenvalue weighted by Gasteiger charge is -2.29. The molecule has 1 amide bonds. The normalized spacial score (nSPS) is 27.1. The van der Waals surface area contributed by atoms with Crippen molar-refractivity contribution in [2.24, 2.45) is 11.8 Å². The molecule has 2 saturated heterocycles. The van der Waals surface area contributed by atoms with Crippen molar-refractivity contribution in [3.05, 3.63) is 53.7 Å². The minimum Gasteiger partial charge on any atom is -0.356 e. The SMILES string of the molecule is CC(=O)N1C[C@H]2CN(c3cc(C4CC4)ncn3)C[C@H]2[C@@H]1c1cccc(F)c1. The molecule has 3 heterocycles. The Bertz CT molecular complexity index is 884. The van der Waals surface area contributed by atoms with Gasteiger partial charge < -0.3 is 9.80 Å². The number of anilines is 1. The fourth-order valence-electron chi connectivity index (χ4n) is 4.81. The molecule has 0 radical (unpaired) electrons. The highest BCUT2D eigenvalue weighted by Crippen LogP contribution is 2.46. The van der Waals surface area contributed by atoms with Crippen LogP contribution in [-0.4, -0.2) is 40.4 Å². The Morgan fingerprint density at radius 3 is 2.74 bits per heavy atom. The van der Waals surface area contributed by atoms with Crippen LogP contribution in [0.5, 0.6) is 0 Å². The summed E-state index contributed by atoms with van der Waals surface area (Å²) in [6.45, 7) is 4.04. The Balaban J connectivity index is 1.43. The molecule has 27 heavy (non-hydrogen) atoms. The number of benzene rings is 1. The molecular weight excluding hydrogens is 343 g/mol. The molecule has 0 unspecified atom stereocenters. The third kappa shape index (κ3) is 2.97. The van der Waals surface area contributed by atoms with Crippen LogP contribution in [-0.2, 0) is 4.79 Å². The maximum absolute atomic E-state index is 13.8. The lowest BCUT2D eigenvalue weighted by molar-refractivity contribution is -0.130. The summed E-state index contributed by atoms with van der Waals surface area (Å²) in [5, 5.41) is 0. The average molecular weight is 366 g/mol. The van der Waals surface area contributed by atoms with Crippen LogP contribution < -0.4 is 4.90 Å². The second kappa shape index (κ2) is 6.29. The number of carbonyl (C=O) groups is 1. The number of hydrogen-bond donors (Lipinski definition) is 0. The van der Waals surface area contributed by atoms with E-state index in [1.807, 2.05) is 11.0 Å². The Morgan fingerprint density at radius 2 is 2.00 bits per heavy atom. The van der Waals surface area contributed by atoms with Gasteiger partial charge in [0.25, 0.3) is 0 Å². The Morgan fingerprint density at radius 1 is 1.15 bits per heavy atom. The van der Waals surface area contributed by atoms with E-state index in [1.54, 1.807) is 25.4 Å². The molecule has 2 aromatic rings. The zero-order valence-electron chi connectivity index (χ0n) is 15.4. The highest BCUT2D eigenvalue weighted by molar-refractivity contribution is 5.74. The minimum atomic E-state index is -0.251. The van der Waals surface area contributed by atoms with Gasteiger partial charge in [0.2, 0.25) is 5.91 Å². The van der Waals surface area contributed by atoms with Crippen molar-refractivity contribution in [2.45, 2.75) is 31.7 Å². The van der Waals surface area contributed by atoms with Gasteiger partial charge in [-0.2, -0.15) is 0 Å². The van der Waals surface area contributed by atoms with E-state index in [4.69, 9.17) is 0 Å². The fraction of sp³-hybridized carbons (Fsp3) is 0.476. The monoisotopic (exact) mass is 366 g/mol. The number of hydrogen-bond acceptors (Lipinski definition) is 4. The predicted octanol–water partition coefficient (Wildman–Crippen LogP) is 3.15. The molecule has 1 saturated carbocycles. The summed E-state index contributed by atoms with van der Waals surface area (Å²) in [6, 6.07) is 8.74. The van der Waals surface area contributed by atoms with E-state index in [2.05, 4.69) is 20.9 Å². The number of fused-ring (bicyclic) bond motifs is 1. The smallest absolute Gasteiger partial charge is 0.219 e. The molecule has 1 aromatic heterocycles. The minimum absolute atomic E-state index is 0.0586. The molecule has 2 aliphatic heterocycles. The van der Waals surface area contributed by atoms with Crippen molar-refractivity contribution in [2.75, 3.05) is 24.5 Å². The van der Waals surface area contributed by atoms with E-state index in [9.17, 15) is 9.18 Å². The van der Waals surface area contributed by atoms with Crippen LogP contribution in [0.25, 0.3) is 0 Å². The quantitative estimate of drug-likeness (QED) is 0.837. The van der Waals surface area contributed by atoms with E-state index in [0.717, 1.165) is 36.7 Å². The van der Waals surface area contributed by atoms with Gasteiger partial charge in [0, 0.05) is 56.1 Å². The third-order valence-corrected chi connectivity index (χ3v) is 6.25. The lowest BCUT2D eigenvalue weighted by Crippen LogP contribution is -2.34. The number of halogens is 1. The summed E-state index contributed by atoms with van der Waals surface area (Å²) in [6.07, 6.45) is 4.11. The van der Waals surface area contributed by atoms with Crippen LogP contribution in [0.15, 0.2) is 36.7 Å². The summed E-state index contributed by atoms with van der Waals surface area (Å²) in [5.74, 6) is 2.05. The van der Waals surface area contributed by atoms with Crippen LogP contribution in [0.2, 0.25) is 0 Å². The van der Waals surface area contributed by atoms with E-state index >= 15 is 0 Å². The number of likely N-dealkylation sites (tertiary alicyclic amines) is 1. The molecule has 0 N–H and O–H groups in total. The van der Waals surface area contributed by atoms with Crippen molar-refractivity contribution in [1.82, 2.24) is 14.9 Å². The van der Waals surface area contributed by atoms with Crippen LogP contribution in [0.4, 0.5) is 10.2 Å². The molecule has 0 spiro atoms. The molecule has 3 aliphatic rings. The van der Waals surface area contributed by atoms with Gasteiger partial charge in [-0.05, 0) is 30.5 Å². The second-order valence-corrected chi connectivity index (χ2v) is 8.08. The Labute approximate surface area is 158 Å².